The van der Waals surface area contributed by atoms with E-state index in [4.69, 9.17) is 0 Å². The van der Waals surface area contributed by atoms with E-state index in [9.17, 15) is 5.11 Å². The van der Waals surface area contributed by atoms with E-state index in [-0.39, 0.29) is 6.10 Å². The largest absolute Gasteiger partial charge is 0.393 e. The van der Waals surface area contributed by atoms with Crippen molar-refractivity contribution in [3.8, 4) is 0 Å². The van der Waals surface area contributed by atoms with Gasteiger partial charge in [0.25, 0.3) is 0 Å². The minimum atomic E-state index is -0.267. The highest BCUT2D eigenvalue weighted by molar-refractivity contribution is 5.78. The molecule has 2 unspecified atom stereocenters. The monoisotopic (exact) mass is 244 g/mol. The van der Waals surface area contributed by atoms with E-state index >= 15 is 0 Å². The molecular weight excluding hydrogens is 224 g/mol. The van der Waals surface area contributed by atoms with Crippen molar-refractivity contribution in [3.05, 3.63) is 42.1 Å². The zero-order chi connectivity index (χ0) is 13.0. The average Bonchev–Trinajstić information content (AvgIpc) is 2.35. The summed E-state index contributed by atoms with van der Waals surface area (Å²) in [5, 5.41) is 13.8. The number of aliphatic hydroxyl groups excluding tert-OH is 1. The highest BCUT2D eigenvalue weighted by Gasteiger charge is 2.06. The van der Waals surface area contributed by atoms with Gasteiger partial charge < -0.3 is 10.4 Å². The van der Waals surface area contributed by atoms with E-state index in [0.29, 0.717) is 6.04 Å². The summed E-state index contributed by atoms with van der Waals surface area (Å²) < 4.78 is 0. The molecule has 18 heavy (non-hydrogen) atoms. The van der Waals surface area contributed by atoms with Crippen LogP contribution in [-0.2, 0) is 6.54 Å². The van der Waals surface area contributed by atoms with Gasteiger partial charge in [0, 0.05) is 18.0 Å². The lowest BCUT2D eigenvalue weighted by Gasteiger charge is -2.15. The van der Waals surface area contributed by atoms with Crippen LogP contribution in [0.2, 0.25) is 0 Å². The summed E-state index contributed by atoms with van der Waals surface area (Å²) >= 11 is 0. The van der Waals surface area contributed by atoms with Crippen LogP contribution in [0.4, 0.5) is 0 Å². The first-order valence-corrected chi connectivity index (χ1v) is 6.41. The molecule has 0 aliphatic heterocycles. The Labute approximate surface area is 108 Å². The Kier molecular flexibility index (Phi) is 4.28. The van der Waals surface area contributed by atoms with E-state index in [2.05, 4.69) is 29.4 Å². The minimum Gasteiger partial charge on any atom is -0.393 e. The predicted molar refractivity (Wildman–Crippen MR) is 74.3 cm³/mol. The van der Waals surface area contributed by atoms with Crippen molar-refractivity contribution in [2.45, 2.75) is 39.0 Å². The second-order valence-corrected chi connectivity index (χ2v) is 4.86. The highest BCUT2D eigenvalue weighted by atomic mass is 16.3. The average molecular weight is 244 g/mol. The van der Waals surface area contributed by atoms with Crippen molar-refractivity contribution in [1.82, 2.24) is 10.3 Å². The molecule has 3 nitrogen and oxygen atoms in total. The minimum absolute atomic E-state index is 0.267. The third kappa shape index (κ3) is 3.52. The molecular formula is C15H20N2O. The summed E-state index contributed by atoms with van der Waals surface area (Å²) in [5.41, 5.74) is 2.06. The van der Waals surface area contributed by atoms with Crippen molar-refractivity contribution >= 4 is 10.9 Å². The second-order valence-electron chi connectivity index (χ2n) is 4.86. The molecule has 2 N–H and O–H groups in total. The smallest absolute Gasteiger partial charge is 0.0705 e. The summed E-state index contributed by atoms with van der Waals surface area (Å²) in [4.78, 5) is 4.60. The number of rotatable bonds is 5. The van der Waals surface area contributed by atoms with Gasteiger partial charge in [0.15, 0.2) is 0 Å². The first-order valence-electron chi connectivity index (χ1n) is 6.41. The fourth-order valence-electron chi connectivity index (χ4n) is 2.08. The van der Waals surface area contributed by atoms with Gasteiger partial charge in [0.05, 0.1) is 17.3 Å². The normalized spacial score (nSPS) is 14.6. The van der Waals surface area contributed by atoms with E-state index in [1.54, 1.807) is 0 Å². The summed E-state index contributed by atoms with van der Waals surface area (Å²) in [6.45, 7) is 4.62. The van der Waals surface area contributed by atoms with E-state index in [1.807, 2.05) is 31.2 Å². The van der Waals surface area contributed by atoms with Crippen LogP contribution in [0.15, 0.2) is 36.4 Å². The Morgan fingerprint density at radius 2 is 1.94 bits per heavy atom. The molecule has 0 saturated carbocycles. The second kappa shape index (κ2) is 5.94. The van der Waals surface area contributed by atoms with Crippen LogP contribution in [0, 0.1) is 0 Å². The van der Waals surface area contributed by atoms with Crippen LogP contribution in [-0.4, -0.2) is 22.2 Å². The van der Waals surface area contributed by atoms with Gasteiger partial charge in [-0.05, 0) is 32.4 Å². The maximum absolute atomic E-state index is 9.31. The third-order valence-corrected chi connectivity index (χ3v) is 2.98. The number of hydrogen-bond donors (Lipinski definition) is 2. The van der Waals surface area contributed by atoms with Gasteiger partial charge >= 0.3 is 0 Å². The van der Waals surface area contributed by atoms with E-state index < -0.39 is 0 Å². The summed E-state index contributed by atoms with van der Waals surface area (Å²) in [6, 6.07) is 12.5. The lowest BCUT2D eigenvalue weighted by molar-refractivity contribution is 0.170. The lowest BCUT2D eigenvalue weighted by atomic mass is 10.1. The number of para-hydroxylation sites is 1. The number of aliphatic hydroxyl groups is 1. The first-order chi connectivity index (χ1) is 8.65. The van der Waals surface area contributed by atoms with Crippen molar-refractivity contribution in [1.29, 1.82) is 0 Å². The summed E-state index contributed by atoms with van der Waals surface area (Å²) in [7, 11) is 0. The van der Waals surface area contributed by atoms with Crippen LogP contribution >= 0.6 is 0 Å². The molecule has 0 aliphatic rings. The fraction of sp³-hybridized carbons (Fsp3) is 0.400. The third-order valence-electron chi connectivity index (χ3n) is 2.98. The Bertz CT molecular complexity index is 511. The molecule has 0 radical (unpaired) electrons. The molecule has 0 bridgehead atoms. The number of aromatic nitrogens is 1. The maximum atomic E-state index is 9.31. The molecule has 96 valence electrons. The first kappa shape index (κ1) is 13.0. The highest BCUT2D eigenvalue weighted by Crippen LogP contribution is 2.11. The molecule has 1 heterocycles. The molecule has 1 aromatic carbocycles. The number of fused-ring (bicyclic) bond motifs is 1. The van der Waals surface area contributed by atoms with Crippen LogP contribution in [0.5, 0.6) is 0 Å². The Balaban J connectivity index is 1.99. The molecule has 0 saturated heterocycles. The molecule has 0 aliphatic carbocycles. The van der Waals surface area contributed by atoms with Crippen molar-refractivity contribution < 1.29 is 5.11 Å². The number of benzene rings is 1. The molecule has 0 spiro atoms. The quantitative estimate of drug-likeness (QED) is 0.849. The molecule has 3 heteroatoms. The number of pyridine rings is 1. The SMILES string of the molecule is CC(O)CC(C)NCc1ccc2ccccc2n1. The van der Waals surface area contributed by atoms with Crippen molar-refractivity contribution in [3.63, 3.8) is 0 Å². The van der Waals surface area contributed by atoms with Gasteiger partial charge in [-0.2, -0.15) is 0 Å². The topological polar surface area (TPSA) is 45.1 Å². The zero-order valence-electron chi connectivity index (χ0n) is 10.9. The van der Waals surface area contributed by atoms with Gasteiger partial charge in [-0.15, -0.1) is 0 Å². The molecule has 0 fully saturated rings. The number of nitrogens with one attached hydrogen (secondary N) is 1. The van der Waals surface area contributed by atoms with Gasteiger partial charge in [-0.25, -0.2) is 0 Å². The van der Waals surface area contributed by atoms with Crippen LogP contribution in [0.1, 0.15) is 26.0 Å². The Hall–Kier alpha value is -1.45. The zero-order valence-corrected chi connectivity index (χ0v) is 10.9. The Morgan fingerprint density at radius 3 is 2.72 bits per heavy atom. The maximum Gasteiger partial charge on any atom is 0.0705 e. The van der Waals surface area contributed by atoms with Crippen LogP contribution < -0.4 is 5.32 Å². The van der Waals surface area contributed by atoms with E-state index in [0.717, 1.165) is 24.2 Å². The molecule has 0 amide bonds. The van der Waals surface area contributed by atoms with Crippen molar-refractivity contribution in [2.24, 2.45) is 0 Å². The Morgan fingerprint density at radius 1 is 1.17 bits per heavy atom. The van der Waals surface area contributed by atoms with Gasteiger partial charge in [-0.1, -0.05) is 24.3 Å². The van der Waals surface area contributed by atoms with Gasteiger partial charge in [0.1, 0.15) is 0 Å². The molecule has 2 atom stereocenters. The van der Waals surface area contributed by atoms with Crippen molar-refractivity contribution in [2.75, 3.05) is 0 Å². The molecule has 2 aromatic rings. The lowest BCUT2D eigenvalue weighted by Crippen LogP contribution is -2.29. The van der Waals surface area contributed by atoms with E-state index in [1.165, 1.54) is 5.39 Å². The standard InChI is InChI=1S/C15H20N2O/c1-11(9-12(2)18)16-10-14-8-7-13-5-3-4-6-15(13)17-14/h3-8,11-12,16,18H,9-10H2,1-2H3. The molecule has 2 rings (SSSR count). The summed E-state index contributed by atoms with van der Waals surface area (Å²) in [6.07, 6.45) is 0.491. The number of hydrogen-bond acceptors (Lipinski definition) is 3. The molecule has 1 aromatic heterocycles. The summed E-state index contributed by atoms with van der Waals surface area (Å²) in [5.74, 6) is 0. The van der Waals surface area contributed by atoms with Crippen LogP contribution in [0.3, 0.4) is 0 Å². The number of nitrogens with zero attached hydrogens (tertiary/aromatic N) is 1. The predicted octanol–water partition coefficient (Wildman–Crippen LogP) is 2.48. The van der Waals surface area contributed by atoms with Gasteiger partial charge in [0.2, 0.25) is 0 Å². The fourth-order valence-corrected chi connectivity index (χ4v) is 2.08. The van der Waals surface area contributed by atoms with Gasteiger partial charge in [-0.3, -0.25) is 4.98 Å². The van der Waals surface area contributed by atoms with Crippen LogP contribution in [0.25, 0.3) is 10.9 Å².